The third-order valence-corrected chi connectivity index (χ3v) is 3.18. The first kappa shape index (κ1) is 15.1. The number of ether oxygens (including phenoxy) is 1. The van der Waals surface area contributed by atoms with Gasteiger partial charge in [0.2, 0.25) is 0 Å². The van der Waals surface area contributed by atoms with Crippen molar-refractivity contribution < 1.29 is 14.6 Å². The van der Waals surface area contributed by atoms with Crippen LogP contribution in [0.25, 0.3) is 0 Å². The highest BCUT2D eigenvalue weighted by molar-refractivity contribution is 6.42. The van der Waals surface area contributed by atoms with Crippen molar-refractivity contribution >= 4 is 29.2 Å². The summed E-state index contributed by atoms with van der Waals surface area (Å²) in [6, 6.07) is 5.17. The molecule has 0 unspecified atom stereocenters. The van der Waals surface area contributed by atoms with Crippen molar-refractivity contribution in [2.24, 2.45) is 0 Å². The van der Waals surface area contributed by atoms with Gasteiger partial charge in [0.15, 0.2) is 0 Å². The number of carbonyl (C=O) groups is 1. The summed E-state index contributed by atoms with van der Waals surface area (Å²) in [5, 5.41) is 9.46. The number of halogens is 2. The zero-order valence-corrected chi connectivity index (χ0v) is 11.5. The van der Waals surface area contributed by atoms with Gasteiger partial charge in [-0.25, -0.2) is 0 Å². The van der Waals surface area contributed by atoms with Crippen LogP contribution in [0.4, 0.5) is 0 Å². The van der Waals surface area contributed by atoms with Crippen LogP contribution >= 0.6 is 23.2 Å². The van der Waals surface area contributed by atoms with Gasteiger partial charge in [-0.15, -0.1) is 0 Å². The Labute approximate surface area is 117 Å². The number of carboxylic acid groups (broad SMARTS) is 1. The summed E-state index contributed by atoms with van der Waals surface area (Å²) >= 11 is 11.6. The predicted octanol–water partition coefficient (Wildman–Crippen LogP) is 4.41. The number of rotatable bonds is 8. The van der Waals surface area contributed by atoms with E-state index in [1.54, 1.807) is 18.2 Å². The van der Waals surface area contributed by atoms with Gasteiger partial charge in [0.05, 0.1) is 16.7 Å². The second kappa shape index (κ2) is 8.22. The first-order chi connectivity index (χ1) is 8.59. The first-order valence-corrected chi connectivity index (χ1v) is 6.65. The van der Waals surface area contributed by atoms with Gasteiger partial charge >= 0.3 is 5.97 Å². The summed E-state index contributed by atoms with van der Waals surface area (Å²) in [5.74, 6) is -0.0306. The smallest absolute Gasteiger partial charge is 0.303 e. The highest BCUT2D eigenvalue weighted by atomic mass is 35.5. The van der Waals surface area contributed by atoms with Crippen molar-refractivity contribution in [3.63, 3.8) is 0 Å². The maximum absolute atomic E-state index is 10.3. The molecule has 0 spiro atoms. The van der Waals surface area contributed by atoms with Crippen molar-refractivity contribution in [1.82, 2.24) is 0 Å². The average Bonchev–Trinajstić information content (AvgIpc) is 2.32. The largest absolute Gasteiger partial charge is 0.494 e. The maximum atomic E-state index is 10.3. The lowest BCUT2D eigenvalue weighted by atomic mass is 10.1. The van der Waals surface area contributed by atoms with E-state index in [0.29, 0.717) is 22.4 Å². The van der Waals surface area contributed by atoms with E-state index in [-0.39, 0.29) is 6.42 Å². The fourth-order valence-electron chi connectivity index (χ4n) is 1.49. The van der Waals surface area contributed by atoms with Crippen LogP contribution in [0.3, 0.4) is 0 Å². The minimum absolute atomic E-state index is 0.244. The number of hydrogen-bond acceptors (Lipinski definition) is 2. The second-order valence-corrected chi connectivity index (χ2v) is 4.80. The molecule has 1 rings (SSSR count). The van der Waals surface area contributed by atoms with Crippen molar-refractivity contribution in [2.75, 3.05) is 6.61 Å². The molecular weight excluding hydrogens is 275 g/mol. The summed E-state index contributed by atoms with van der Waals surface area (Å²) in [5.41, 5.74) is 0. The lowest BCUT2D eigenvalue weighted by molar-refractivity contribution is -0.137. The Balaban J connectivity index is 2.10. The lowest BCUT2D eigenvalue weighted by Gasteiger charge is -2.06. The molecule has 1 N–H and O–H groups in total. The Hall–Kier alpha value is -0.930. The molecule has 0 bridgehead atoms. The fraction of sp³-hybridized carbons (Fsp3) is 0.462. The molecule has 18 heavy (non-hydrogen) atoms. The van der Waals surface area contributed by atoms with E-state index in [4.69, 9.17) is 33.0 Å². The highest BCUT2D eigenvalue weighted by Crippen LogP contribution is 2.26. The molecule has 1 aromatic rings. The van der Waals surface area contributed by atoms with Crippen LogP contribution in [-0.2, 0) is 4.79 Å². The molecule has 0 amide bonds. The molecule has 3 nitrogen and oxygen atoms in total. The van der Waals surface area contributed by atoms with E-state index in [1.807, 2.05) is 0 Å². The Morgan fingerprint density at radius 3 is 2.50 bits per heavy atom. The van der Waals surface area contributed by atoms with Crippen LogP contribution in [0.15, 0.2) is 18.2 Å². The minimum atomic E-state index is -0.734. The summed E-state index contributed by atoms with van der Waals surface area (Å²) < 4.78 is 5.51. The van der Waals surface area contributed by atoms with E-state index in [2.05, 4.69) is 0 Å². The number of carboxylic acids is 1. The van der Waals surface area contributed by atoms with Crippen LogP contribution < -0.4 is 4.74 Å². The van der Waals surface area contributed by atoms with Crippen LogP contribution in [0.1, 0.15) is 32.1 Å². The van der Waals surface area contributed by atoms with Crippen LogP contribution in [-0.4, -0.2) is 17.7 Å². The van der Waals surface area contributed by atoms with E-state index < -0.39 is 5.97 Å². The minimum Gasteiger partial charge on any atom is -0.494 e. The fourth-order valence-corrected chi connectivity index (χ4v) is 1.78. The van der Waals surface area contributed by atoms with Crippen LogP contribution in [0, 0.1) is 0 Å². The summed E-state index contributed by atoms with van der Waals surface area (Å²) in [7, 11) is 0. The third kappa shape index (κ3) is 6.12. The standard InChI is InChI=1S/C13H16Cl2O3/c14-11-7-6-10(9-12(11)15)18-8-4-2-1-3-5-13(16)17/h6-7,9H,1-5,8H2,(H,16,17). The quantitative estimate of drug-likeness (QED) is 0.722. The Morgan fingerprint density at radius 1 is 1.11 bits per heavy atom. The van der Waals surface area contributed by atoms with Crippen LogP contribution in [0.5, 0.6) is 5.75 Å². The second-order valence-electron chi connectivity index (χ2n) is 3.98. The van der Waals surface area contributed by atoms with Crippen molar-refractivity contribution in [3.05, 3.63) is 28.2 Å². The Morgan fingerprint density at radius 2 is 1.83 bits per heavy atom. The number of aliphatic carboxylic acids is 1. The van der Waals surface area contributed by atoms with Crippen molar-refractivity contribution in [1.29, 1.82) is 0 Å². The maximum Gasteiger partial charge on any atom is 0.303 e. The topological polar surface area (TPSA) is 46.5 Å². The molecule has 0 saturated carbocycles. The first-order valence-electron chi connectivity index (χ1n) is 5.89. The molecule has 0 fully saturated rings. The molecule has 100 valence electrons. The lowest BCUT2D eigenvalue weighted by Crippen LogP contribution is -1.98. The third-order valence-electron chi connectivity index (χ3n) is 2.44. The zero-order valence-electron chi connectivity index (χ0n) is 9.99. The molecule has 1 aromatic carbocycles. The highest BCUT2D eigenvalue weighted by Gasteiger charge is 2.00. The van der Waals surface area contributed by atoms with Gasteiger partial charge in [-0.2, -0.15) is 0 Å². The van der Waals surface area contributed by atoms with Crippen LogP contribution in [0.2, 0.25) is 10.0 Å². The molecule has 0 atom stereocenters. The van der Waals surface area contributed by atoms with Gasteiger partial charge in [0.25, 0.3) is 0 Å². The number of unbranched alkanes of at least 4 members (excludes halogenated alkanes) is 3. The van der Waals surface area contributed by atoms with E-state index >= 15 is 0 Å². The molecule has 0 aliphatic heterocycles. The van der Waals surface area contributed by atoms with Gasteiger partial charge in [0, 0.05) is 12.5 Å². The predicted molar refractivity (Wildman–Crippen MR) is 72.7 cm³/mol. The summed E-state index contributed by atoms with van der Waals surface area (Å²) in [4.78, 5) is 10.3. The van der Waals surface area contributed by atoms with E-state index in [9.17, 15) is 4.79 Å². The van der Waals surface area contributed by atoms with Gasteiger partial charge in [-0.05, 0) is 25.0 Å². The van der Waals surface area contributed by atoms with E-state index in [0.717, 1.165) is 25.7 Å². The summed E-state index contributed by atoms with van der Waals surface area (Å²) in [6.07, 6.45) is 3.75. The molecular formula is C13H16Cl2O3. The summed E-state index contributed by atoms with van der Waals surface area (Å²) in [6.45, 7) is 0.602. The Bertz CT molecular complexity index is 394. The number of hydrogen-bond donors (Lipinski definition) is 1. The number of benzene rings is 1. The SMILES string of the molecule is O=C(O)CCCCCCOc1ccc(Cl)c(Cl)c1. The molecule has 0 saturated heterocycles. The molecule has 0 aromatic heterocycles. The average molecular weight is 291 g/mol. The molecule has 0 aliphatic carbocycles. The molecule has 5 heteroatoms. The van der Waals surface area contributed by atoms with Gasteiger partial charge in [-0.3, -0.25) is 4.79 Å². The zero-order chi connectivity index (χ0) is 13.4. The normalized spacial score (nSPS) is 10.3. The van der Waals surface area contributed by atoms with Crippen molar-refractivity contribution in [2.45, 2.75) is 32.1 Å². The molecule has 0 heterocycles. The van der Waals surface area contributed by atoms with Gasteiger partial charge in [0.1, 0.15) is 5.75 Å². The molecule has 0 aliphatic rings. The van der Waals surface area contributed by atoms with Gasteiger partial charge in [-0.1, -0.05) is 36.0 Å². The Kier molecular flexibility index (Phi) is 6.91. The van der Waals surface area contributed by atoms with E-state index in [1.165, 1.54) is 0 Å². The van der Waals surface area contributed by atoms with Crippen molar-refractivity contribution in [3.8, 4) is 5.75 Å². The molecule has 0 radical (unpaired) electrons. The van der Waals surface area contributed by atoms with Gasteiger partial charge < -0.3 is 9.84 Å². The monoisotopic (exact) mass is 290 g/mol.